The molecule has 1 fully saturated rings. The Morgan fingerprint density at radius 1 is 1.06 bits per heavy atom. The largest absolute Gasteiger partial charge is 0.483 e. The second-order valence-corrected chi connectivity index (χ2v) is 8.76. The lowest BCUT2D eigenvalue weighted by molar-refractivity contribution is -0.118. The molecular formula is C24H20N4O4S. The third-order valence-corrected chi connectivity index (χ3v) is 6.13. The minimum absolute atomic E-state index is 0.238. The van der Waals surface area contributed by atoms with E-state index in [4.69, 9.17) is 9.47 Å². The molecule has 1 saturated heterocycles. The number of rotatable bonds is 7. The van der Waals surface area contributed by atoms with Crippen molar-refractivity contribution in [1.82, 2.24) is 20.3 Å². The molecule has 3 heterocycles. The standard InChI is InChI=1S/C24H20N4O4S/c1-14(31-16-6-4-15(5-7-16)11-21-23(29)28-24(30)33-21)22-26-19-9-8-17(12-20(19)27-22)32-18-3-2-10-25-13-18/h2-10,12-14,21H,11H2,1H3,(H,26,27)(H,28,29,30). The van der Waals surface area contributed by atoms with Crippen molar-refractivity contribution in [2.45, 2.75) is 24.7 Å². The number of fused-ring (bicyclic) bond motifs is 1. The Morgan fingerprint density at radius 3 is 2.61 bits per heavy atom. The highest BCUT2D eigenvalue weighted by Crippen LogP contribution is 2.28. The molecule has 0 aliphatic carbocycles. The van der Waals surface area contributed by atoms with Gasteiger partial charge in [0.1, 0.15) is 23.1 Å². The second-order valence-electron chi connectivity index (χ2n) is 7.58. The van der Waals surface area contributed by atoms with E-state index in [0.29, 0.717) is 29.5 Å². The SMILES string of the molecule is CC(Oc1ccc(CC2SC(=O)NC2=O)cc1)c1nc2ccc(Oc3cccnc3)cc2[nH]1. The third-order valence-electron chi connectivity index (χ3n) is 5.15. The van der Waals surface area contributed by atoms with Gasteiger partial charge in [0.15, 0.2) is 6.10 Å². The lowest BCUT2D eigenvalue weighted by atomic mass is 10.1. The molecule has 2 aromatic heterocycles. The number of hydrogen-bond donors (Lipinski definition) is 2. The van der Waals surface area contributed by atoms with E-state index in [2.05, 4.69) is 20.3 Å². The molecule has 2 aromatic carbocycles. The van der Waals surface area contributed by atoms with E-state index < -0.39 is 0 Å². The lowest BCUT2D eigenvalue weighted by Crippen LogP contribution is -2.25. The van der Waals surface area contributed by atoms with Gasteiger partial charge < -0.3 is 14.5 Å². The fourth-order valence-electron chi connectivity index (χ4n) is 3.51. The van der Waals surface area contributed by atoms with Gasteiger partial charge in [-0.15, -0.1) is 0 Å². The van der Waals surface area contributed by atoms with E-state index >= 15 is 0 Å². The number of amides is 2. The molecule has 0 spiro atoms. The molecule has 0 saturated carbocycles. The van der Waals surface area contributed by atoms with Crippen LogP contribution in [0.15, 0.2) is 67.0 Å². The van der Waals surface area contributed by atoms with Crippen LogP contribution in [0.3, 0.4) is 0 Å². The molecule has 2 atom stereocenters. The first-order valence-electron chi connectivity index (χ1n) is 10.4. The summed E-state index contributed by atoms with van der Waals surface area (Å²) in [6.07, 6.45) is 3.54. The van der Waals surface area contributed by atoms with Gasteiger partial charge in [0, 0.05) is 12.3 Å². The van der Waals surface area contributed by atoms with Gasteiger partial charge >= 0.3 is 0 Å². The number of ether oxygens (including phenoxy) is 2. The molecule has 0 bridgehead atoms. The lowest BCUT2D eigenvalue weighted by Gasteiger charge is -2.13. The van der Waals surface area contributed by atoms with Crippen LogP contribution < -0.4 is 14.8 Å². The van der Waals surface area contributed by atoms with E-state index in [1.807, 2.05) is 61.5 Å². The molecule has 166 valence electrons. The number of thioether (sulfide) groups is 1. The van der Waals surface area contributed by atoms with Crippen LogP contribution in [-0.4, -0.2) is 31.3 Å². The summed E-state index contributed by atoms with van der Waals surface area (Å²) >= 11 is 1.03. The number of carbonyl (C=O) groups excluding carboxylic acids is 2. The molecular weight excluding hydrogens is 440 g/mol. The highest BCUT2D eigenvalue weighted by Gasteiger charge is 2.31. The van der Waals surface area contributed by atoms with Crippen LogP contribution in [0.25, 0.3) is 11.0 Å². The van der Waals surface area contributed by atoms with Gasteiger partial charge in [-0.2, -0.15) is 0 Å². The molecule has 33 heavy (non-hydrogen) atoms. The zero-order valence-corrected chi connectivity index (χ0v) is 18.5. The van der Waals surface area contributed by atoms with Crippen LogP contribution in [0.1, 0.15) is 24.4 Å². The van der Waals surface area contributed by atoms with E-state index in [0.717, 1.165) is 28.4 Å². The van der Waals surface area contributed by atoms with Gasteiger partial charge in [0.2, 0.25) is 5.91 Å². The van der Waals surface area contributed by atoms with Gasteiger partial charge in [-0.05, 0) is 55.3 Å². The van der Waals surface area contributed by atoms with Gasteiger partial charge in [-0.3, -0.25) is 19.9 Å². The zero-order valence-electron chi connectivity index (χ0n) is 17.6. The van der Waals surface area contributed by atoms with Crippen LogP contribution in [0.5, 0.6) is 17.2 Å². The Balaban J connectivity index is 1.24. The highest BCUT2D eigenvalue weighted by molar-refractivity contribution is 8.15. The van der Waals surface area contributed by atoms with Gasteiger partial charge in [0.05, 0.1) is 22.5 Å². The Morgan fingerprint density at radius 2 is 1.88 bits per heavy atom. The van der Waals surface area contributed by atoms with Crippen LogP contribution in [0.4, 0.5) is 4.79 Å². The second kappa shape index (κ2) is 8.95. The van der Waals surface area contributed by atoms with Crippen molar-refractivity contribution in [2.24, 2.45) is 0 Å². The van der Waals surface area contributed by atoms with Gasteiger partial charge in [-0.1, -0.05) is 23.9 Å². The Hall–Kier alpha value is -3.85. The molecule has 9 heteroatoms. The maximum atomic E-state index is 11.7. The van der Waals surface area contributed by atoms with Crippen LogP contribution >= 0.6 is 11.8 Å². The molecule has 0 radical (unpaired) electrons. The Kier molecular flexibility index (Phi) is 5.70. The number of imidazole rings is 1. The summed E-state index contributed by atoms with van der Waals surface area (Å²) in [5.41, 5.74) is 2.62. The molecule has 2 N–H and O–H groups in total. The quantitative estimate of drug-likeness (QED) is 0.409. The first-order valence-corrected chi connectivity index (χ1v) is 11.3. The van der Waals surface area contributed by atoms with Crippen molar-refractivity contribution in [3.63, 3.8) is 0 Å². The van der Waals surface area contributed by atoms with E-state index in [-0.39, 0.29) is 22.5 Å². The predicted molar refractivity (Wildman–Crippen MR) is 125 cm³/mol. The average Bonchev–Trinajstić information content (AvgIpc) is 3.37. The topological polar surface area (TPSA) is 106 Å². The average molecular weight is 461 g/mol. The third kappa shape index (κ3) is 4.83. The van der Waals surface area contributed by atoms with Crippen LogP contribution in [-0.2, 0) is 11.2 Å². The van der Waals surface area contributed by atoms with E-state index in [1.165, 1.54) is 0 Å². The number of aromatic nitrogens is 3. The first kappa shape index (κ1) is 21.0. The summed E-state index contributed by atoms with van der Waals surface area (Å²) in [7, 11) is 0. The fourth-order valence-corrected chi connectivity index (χ4v) is 4.37. The van der Waals surface area contributed by atoms with Crippen molar-refractivity contribution >= 4 is 33.9 Å². The van der Waals surface area contributed by atoms with Crippen molar-refractivity contribution in [3.05, 3.63) is 78.4 Å². The summed E-state index contributed by atoms with van der Waals surface area (Å²) < 4.78 is 11.9. The van der Waals surface area contributed by atoms with Gasteiger partial charge in [-0.25, -0.2) is 4.98 Å². The number of benzene rings is 2. The normalized spacial score (nSPS) is 16.6. The summed E-state index contributed by atoms with van der Waals surface area (Å²) in [4.78, 5) is 35.1. The predicted octanol–water partition coefficient (Wildman–Crippen LogP) is 4.78. The zero-order chi connectivity index (χ0) is 22.8. The number of aromatic amines is 1. The molecule has 4 aromatic rings. The number of nitrogens with one attached hydrogen (secondary N) is 2. The molecule has 1 aliphatic rings. The molecule has 5 rings (SSSR count). The van der Waals surface area contributed by atoms with Crippen LogP contribution in [0.2, 0.25) is 0 Å². The van der Waals surface area contributed by atoms with Gasteiger partial charge in [0.25, 0.3) is 5.24 Å². The van der Waals surface area contributed by atoms with Crippen molar-refractivity contribution in [2.75, 3.05) is 0 Å². The number of carbonyl (C=O) groups is 2. The molecule has 2 unspecified atom stereocenters. The fraction of sp³-hybridized carbons (Fsp3) is 0.167. The maximum absolute atomic E-state index is 11.7. The van der Waals surface area contributed by atoms with Crippen molar-refractivity contribution in [1.29, 1.82) is 0 Å². The van der Waals surface area contributed by atoms with Crippen molar-refractivity contribution < 1.29 is 19.1 Å². The molecule has 1 aliphatic heterocycles. The van der Waals surface area contributed by atoms with Crippen molar-refractivity contribution in [3.8, 4) is 17.2 Å². The summed E-state index contributed by atoms with van der Waals surface area (Å²) in [5, 5.41) is 1.63. The number of nitrogens with zero attached hydrogens (tertiary/aromatic N) is 2. The number of H-pyrrole nitrogens is 1. The molecule has 8 nitrogen and oxygen atoms in total. The minimum Gasteiger partial charge on any atom is -0.483 e. The first-order chi connectivity index (χ1) is 16.0. The summed E-state index contributed by atoms with van der Waals surface area (Å²) in [6.45, 7) is 1.92. The Labute approximate surface area is 193 Å². The maximum Gasteiger partial charge on any atom is 0.286 e. The summed E-state index contributed by atoms with van der Waals surface area (Å²) in [5.74, 6) is 2.50. The highest BCUT2D eigenvalue weighted by atomic mass is 32.2. The minimum atomic E-state index is -0.384. The summed E-state index contributed by atoms with van der Waals surface area (Å²) in [6, 6.07) is 16.8. The van der Waals surface area contributed by atoms with E-state index in [9.17, 15) is 9.59 Å². The number of imide groups is 1. The smallest absolute Gasteiger partial charge is 0.286 e. The molecule has 2 amide bonds. The van der Waals surface area contributed by atoms with E-state index in [1.54, 1.807) is 12.4 Å². The number of pyridine rings is 1. The number of hydrogen-bond acceptors (Lipinski definition) is 7. The monoisotopic (exact) mass is 460 g/mol. The van der Waals surface area contributed by atoms with Crippen LogP contribution in [0, 0.1) is 0 Å². The Bertz CT molecular complexity index is 1310.